The summed E-state index contributed by atoms with van der Waals surface area (Å²) in [5, 5.41) is 0. The highest BCUT2D eigenvalue weighted by atomic mass is 32.2. The van der Waals surface area contributed by atoms with Crippen molar-refractivity contribution in [2.75, 3.05) is 50.8 Å². The van der Waals surface area contributed by atoms with Gasteiger partial charge >= 0.3 is 0 Å². The molecule has 0 heterocycles. The lowest BCUT2D eigenvalue weighted by atomic mass is 10.2. The fraction of sp³-hybridized carbons (Fsp3) is 0.571. The fourth-order valence-corrected chi connectivity index (χ4v) is 5.58. The normalized spacial score (nSPS) is 10.5. The van der Waals surface area contributed by atoms with Crippen LogP contribution in [0.15, 0.2) is 30.3 Å². The van der Waals surface area contributed by atoms with Crippen LogP contribution in [-0.4, -0.2) is 80.0 Å². The first-order chi connectivity index (χ1) is 14.0. The Hall–Kier alpha value is -0.830. The predicted octanol–water partition coefficient (Wildman–Crippen LogP) is 4.85. The zero-order valence-electron chi connectivity index (χ0n) is 17.9. The van der Waals surface area contributed by atoms with Gasteiger partial charge in [0.2, 0.25) is 0 Å². The zero-order valence-corrected chi connectivity index (χ0v) is 21.2. The predicted molar refractivity (Wildman–Crippen MR) is 138 cm³/mol. The van der Waals surface area contributed by atoms with Crippen molar-refractivity contribution >= 4 is 62.5 Å². The van der Waals surface area contributed by atoms with Crippen molar-refractivity contribution in [3.05, 3.63) is 35.9 Å². The SMILES string of the molecule is CCN(CC)C(=S)SCCN(CCSC(=S)N(CC)CC)C(=O)c1ccccc1. The Labute approximate surface area is 195 Å². The topological polar surface area (TPSA) is 26.8 Å². The molecule has 1 aromatic rings. The van der Waals surface area contributed by atoms with Gasteiger partial charge in [0.25, 0.3) is 5.91 Å². The quantitative estimate of drug-likeness (QED) is 0.426. The van der Waals surface area contributed by atoms with Gasteiger partial charge in [-0.2, -0.15) is 0 Å². The number of benzene rings is 1. The molecule has 0 bridgehead atoms. The molecular formula is C21H33N3OS4. The van der Waals surface area contributed by atoms with E-state index in [1.54, 1.807) is 23.5 Å². The molecule has 4 nitrogen and oxygen atoms in total. The fourth-order valence-electron chi connectivity index (χ4n) is 2.71. The lowest BCUT2D eigenvalue weighted by molar-refractivity contribution is 0.0776. The molecule has 1 amide bonds. The van der Waals surface area contributed by atoms with E-state index in [1.807, 2.05) is 35.2 Å². The van der Waals surface area contributed by atoms with Crippen molar-refractivity contribution in [2.24, 2.45) is 0 Å². The molecule has 8 heteroatoms. The van der Waals surface area contributed by atoms with Gasteiger partial charge in [0, 0.05) is 56.3 Å². The van der Waals surface area contributed by atoms with E-state index in [9.17, 15) is 4.79 Å². The van der Waals surface area contributed by atoms with Crippen LogP contribution >= 0.6 is 48.0 Å². The molecule has 29 heavy (non-hydrogen) atoms. The van der Waals surface area contributed by atoms with Gasteiger partial charge in [-0.15, -0.1) is 0 Å². The average molecular weight is 472 g/mol. The number of thiocarbonyl (C=S) groups is 2. The maximum atomic E-state index is 13.0. The Balaban J connectivity index is 2.68. The second-order valence-corrected chi connectivity index (χ2v) is 9.69. The van der Waals surface area contributed by atoms with E-state index in [-0.39, 0.29) is 5.91 Å². The van der Waals surface area contributed by atoms with Crippen LogP contribution in [0.1, 0.15) is 38.1 Å². The number of amides is 1. The van der Waals surface area contributed by atoms with Gasteiger partial charge in [0.05, 0.1) is 0 Å². The second kappa shape index (κ2) is 15.0. The van der Waals surface area contributed by atoms with Crippen LogP contribution in [0.25, 0.3) is 0 Å². The van der Waals surface area contributed by atoms with Crippen LogP contribution in [0.3, 0.4) is 0 Å². The van der Waals surface area contributed by atoms with Crippen LogP contribution in [0, 0.1) is 0 Å². The Morgan fingerprint density at radius 3 is 1.55 bits per heavy atom. The number of hydrogen-bond donors (Lipinski definition) is 0. The number of thioether (sulfide) groups is 2. The number of nitrogens with zero attached hydrogens (tertiary/aromatic N) is 3. The van der Waals surface area contributed by atoms with Crippen molar-refractivity contribution in [2.45, 2.75) is 27.7 Å². The van der Waals surface area contributed by atoms with Gasteiger partial charge in [-0.1, -0.05) is 66.2 Å². The molecule has 162 valence electrons. The van der Waals surface area contributed by atoms with E-state index >= 15 is 0 Å². The van der Waals surface area contributed by atoms with E-state index in [2.05, 4.69) is 37.5 Å². The maximum Gasteiger partial charge on any atom is 0.253 e. The van der Waals surface area contributed by atoms with Crippen molar-refractivity contribution in [1.82, 2.24) is 14.7 Å². The van der Waals surface area contributed by atoms with Crippen LogP contribution in [0.5, 0.6) is 0 Å². The van der Waals surface area contributed by atoms with Gasteiger partial charge in [-0.05, 0) is 39.8 Å². The highest BCUT2D eigenvalue weighted by Gasteiger charge is 2.17. The lowest BCUT2D eigenvalue weighted by Crippen LogP contribution is -2.36. The second-order valence-electron chi connectivity index (χ2n) is 6.23. The molecule has 0 radical (unpaired) electrons. The molecule has 0 aliphatic heterocycles. The standard InChI is InChI=1S/C21H33N3OS4/c1-5-22(6-2)20(26)28-16-14-24(19(25)18-12-10-9-11-13-18)15-17-29-21(27)23(7-3)8-4/h9-13H,5-8,14-17H2,1-4H3. The summed E-state index contributed by atoms with van der Waals surface area (Å²) in [5.74, 6) is 1.65. The molecule has 0 aliphatic rings. The summed E-state index contributed by atoms with van der Waals surface area (Å²) in [6.45, 7) is 13.4. The molecule has 0 saturated heterocycles. The summed E-state index contributed by atoms with van der Waals surface area (Å²) < 4.78 is 1.80. The van der Waals surface area contributed by atoms with Gasteiger partial charge < -0.3 is 14.7 Å². The van der Waals surface area contributed by atoms with Crippen LogP contribution in [0.4, 0.5) is 0 Å². The monoisotopic (exact) mass is 471 g/mol. The Morgan fingerprint density at radius 2 is 1.17 bits per heavy atom. The van der Waals surface area contributed by atoms with E-state index in [4.69, 9.17) is 24.4 Å². The number of carbonyl (C=O) groups excluding carboxylic acids is 1. The molecule has 0 spiro atoms. The van der Waals surface area contributed by atoms with Gasteiger partial charge in [0.1, 0.15) is 8.64 Å². The molecule has 1 rings (SSSR count). The minimum atomic E-state index is 0.0642. The first-order valence-corrected chi connectivity index (χ1v) is 12.9. The van der Waals surface area contributed by atoms with Crippen molar-refractivity contribution in [3.8, 4) is 0 Å². The zero-order chi connectivity index (χ0) is 21.6. The maximum absolute atomic E-state index is 13.0. The van der Waals surface area contributed by atoms with Gasteiger partial charge in [0.15, 0.2) is 0 Å². The van der Waals surface area contributed by atoms with Crippen LogP contribution < -0.4 is 0 Å². The number of rotatable bonds is 11. The smallest absolute Gasteiger partial charge is 0.253 e. The lowest BCUT2D eigenvalue weighted by Gasteiger charge is -2.26. The highest BCUT2D eigenvalue weighted by Crippen LogP contribution is 2.14. The summed E-state index contributed by atoms with van der Waals surface area (Å²) in [4.78, 5) is 19.3. The summed E-state index contributed by atoms with van der Waals surface area (Å²) >= 11 is 14.3. The third-order valence-corrected chi connectivity index (χ3v) is 7.53. The van der Waals surface area contributed by atoms with E-state index < -0.39 is 0 Å². The molecule has 0 N–H and O–H groups in total. The number of hydrogen-bond acceptors (Lipinski definition) is 5. The van der Waals surface area contributed by atoms with Crippen molar-refractivity contribution in [1.29, 1.82) is 0 Å². The van der Waals surface area contributed by atoms with Gasteiger partial charge in [-0.25, -0.2) is 0 Å². The third kappa shape index (κ3) is 9.24. The molecule has 1 aromatic carbocycles. The largest absolute Gasteiger partial charge is 0.358 e. The Bertz CT molecular complexity index is 604. The van der Waals surface area contributed by atoms with Crippen LogP contribution in [-0.2, 0) is 0 Å². The minimum absolute atomic E-state index is 0.0642. The minimum Gasteiger partial charge on any atom is -0.358 e. The summed E-state index contributed by atoms with van der Waals surface area (Å²) in [5.41, 5.74) is 0.722. The van der Waals surface area contributed by atoms with E-state index in [0.29, 0.717) is 13.1 Å². The first-order valence-electron chi connectivity index (χ1n) is 10.2. The van der Waals surface area contributed by atoms with Crippen molar-refractivity contribution in [3.63, 3.8) is 0 Å². The summed E-state index contributed by atoms with van der Waals surface area (Å²) in [6.07, 6.45) is 0. The molecule has 0 unspecified atom stereocenters. The molecule has 0 aromatic heterocycles. The molecule has 0 saturated carbocycles. The Kier molecular flexibility index (Phi) is 13.6. The highest BCUT2D eigenvalue weighted by molar-refractivity contribution is 8.23. The molecule has 0 fully saturated rings. The third-order valence-electron chi connectivity index (χ3n) is 4.52. The average Bonchev–Trinajstić information content (AvgIpc) is 2.74. The molecule has 0 atom stereocenters. The van der Waals surface area contributed by atoms with Crippen molar-refractivity contribution < 1.29 is 4.79 Å². The van der Waals surface area contributed by atoms with Crippen LogP contribution in [0.2, 0.25) is 0 Å². The molecular weight excluding hydrogens is 439 g/mol. The summed E-state index contributed by atoms with van der Waals surface area (Å²) in [6, 6.07) is 9.48. The summed E-state index contributed by atoms with van der Waals surface area (Å²) in [7, 11) is 0. The Morgan fingerprint density at radius 1 is 0.759 bits per heavy atom. The molecule has 0 aliphatic carbocycles. The number of carbonyl (C=O) groups is 1. The van der Waals surface area contributed by atoms with Gasteiger partial charge in [-0.3, -0.25) is 4.79 Å². The van der Waals surface area contributed by atoms with E-state index in [0.717, 1.165) is 51.9 Å². The first kappa shape index (κ1) is 26.2. The van der Waals surface area contributed by atoms with E-state index in [1.165, 1.54) is 0 Å².